The smallest absolute Gasteiger partial charge is 0.124 e. The Morgan fingerprint density at radius 3 is 2.95 bits per heavy atom. The Balaban J connectivity index is 1.90. The number of benzene rings is 1. The zero-order valence-corrected chi connectivity index (χ0v) is 11.2. The standard InChI is InChI=1S/C14H19N3O2/c1-11(16-6-8-17-7-5-15-10-17)13-4-3-12(19-2)9-14(13)18/h3-5,7,9-11,16,18H,6,8H2,1-2H3. The number of imidazole rings is 1. The van der Waals surface area contributed by atoms with Crippen LogP contribution in [0.3, 0.4) is 0 Å². The summed E-state index contributed by atoms with van der Waals surface area (Å²) >= 11 is 0. The van der Waals surface area contributed by atoms with Crippen molar-refractivity contribution in [2.45, 2.75) is 19.5 Å². The maximum absolute atomic E-state index is 9.94. The minimum Gasteiger partial charge on any atom is -0.507 e. The molecule has 0 fully saturated rings. The molecule has 0 spiro atoms. The summed E-state index contributed by atoms with van der Waals surface area (Å²) in [5.41, 5.74) is 0.867. The van der Waals surface area contributed by atoms with E-state index in [2.05, 4.69) is 10.3 Å². The Morgan fingerprint density at radius 2 is 2.32 bits per heavy atom. The molecule has 1 aromatic carbocycles. The molecule has 0 saturated heterocycles. The molecule has 2 rings (SSSR count). The average molecular weight is 261 g/mol. The first-order valence-electron chi connectivity index (χ1n) is 6.26. The van der Waals surface area contributed by atoms with Crippen molar-refractivity contribution in [2.75, 3.05) is 13.7 Å². The molecule has 102 valence electrons. The van der Waals surface area contributed by atoms with Gasteiger partial charge in [0, 0.05) is 43.2 Å². The monoisotopic (exact) mass is 261 g/mol. The second-order valence-corrected chi connectivity index (χ2v) is 4.40. The number of ether oxygens (including phenoxy) is 1. The Hall–Kier alpha value is -2.01. The molecular formula is C14H19N3O2. The van der Waals surface area contributed by atoms with Gasteiger partial charge in [0.2, 0.25) is 0 Å². The first kappa shape index (κ1) is 13.4. The first-order chi connectivity index (χ1) is 9.20. The lowest BCUT2D eigenvalue weighted by molar-refractivity contribution is 0.403. The number of phenols is 1. The number of nitrogens with zero attached hydrogens (tertiary/aromatic N) is 2. The van der Waals surface area contributed by atoms with Gasteiger partial charge in [-0.15, -0.1) is 0 Å². The van der Waals surface area contributed by atoms with Crippen LogP contribution >= 0.6 is 0 Å². The molecule has 1 heterocycles. The van der Waals surface area contributed by atoms with E-state index in [1.165, 1.54) is 0 Å². The number of methoxy groups -OCH3 is 1. The topological polar surface area (TPSA) is 59.3 Å². The van der Waals surface area contributed by atoms with E-state index in [1.54, 1.807) is 25.7 Å². The van der Waals surface area contributed by atoms with Crippen LogP contribution in [0.1, 0.15) is 18.5 Å². The summed E-state index contributed by atoms with van der Waals surface area (Å²) in [6, 6.07) is 5.43. The van der Waals surface area contributed by atoms with Crippen molar-refractivity contribution >= 4 is 0 Å². The summed E-state index contributed by atoms with van der Waals surface area (Å²) < 4.78 is 7.08. The molecule has 0 amide bonds. The van der Waals surface area contributed by atoms with Crippen LogP contribution in [0, 0.1) is 0 Å². The van der Waals surface area contributed by atoms with Crippen LogP contribution < -0.4 is 10.1 Å². The van der Waals surface area contributed by atoms with Crippen LogP contribution in [-0.4, -0.2) is 28.3 Å². The third-order valence-corrected chi connectivity index (χ3v) is 3.08. The van der Waals surface area contributed by atoms with Crippen molar-refractivity contribution in [2.24, 2.45) is 0 Å². The van der Waals surface area contributed by atoms with Crippen LogP contribution in [0.4, 0.5) is 0 Å². The number of aromatic nitrogens is 2. The zero-order chi connectivity index (χ0) is 13.7. The molecule has 0 aliphatic carbocycles. The minimum absolute atomic E-state index is 0.0782. The van der Waals surface area contributed by atoms with Crippen LogP contribution in [0.2, 0.25) is 0 Å². The summed E-state index contributed by atoms with van der Waals surface area (Å²) in [5, 5.41) is 13.3. The number of aromatic hydroxyl groups is 1. The van der Waals surface area contributed by atoms with Gasteiger partial charge in [-0.2, -0.15) is 0 Å². The van der Waals surface area contributed by atoms with E-state index in [1.807, 2.05) is 29.8 Å². The summed E-state index contributed by atoms with van der Waals surface area (Å²) in [4.78, 5) is 3.99. The van der Waals surface area contributed by atoms with Gasteiger partial charge in [0.05, 0.1) is 13.4 Å². The van der Waals surface area contributed by atoms with E-state index in [4.69, 9.17) is 4.74 Å². The fourth-order valence-corrected chi connectivity index (χ4v) is 1.96. The van der Waals surface area contributed by atoms with Crippen LogP contribution in [0.5, 0.6) is 11.5 Å². The fourth-order valence-electron chi connectivity index (χ4n) is 1.96. The molecule has 5 nitrogen and oxygen atoms in total. The quantitative estimate of drug-likeness (QED) is 0.834. The molecule has 1 unspecified atom stereocenters. The lowest BCUT2D eigenvalue weighted by Crippen LogP contribution is -2.23. The normalized spacial score (nSPS) is 12.3. The van der Waals surface area contributed by atoms with Gasteiger partial charge in [0.1, 0.15) is 11.5 Å². The summed E-state index contributed by atoms with van der Waals surface area (Å²) in [6.45, 7) is 3.68. The average Bonchev–Trinajstić information content (AvgIpc) is 2.91. The SMILES string of the molecule is COc1ccc(C(C)NCCn2ccnc2)c(O)c1. The second kappa shape index (κ2) is 6.24. The highest BCUT2D eigenvalue weighted by Crippen LogP contribution is 2.28. The van der Waals surface area contributed by atoms with Gasteiger partial charge < -0.3 is 19.7 Å². The Kier molecular flexibility index (Phi) is 4.41. The molecule has 5 heteroatoms. The fraction of sp³-hybridized carbons (Fsp3) is 0.357. The number of phenolic OH excluding ortho intramolecular Hbond substituents is 1. The van der Waals surface area contributed by atoms with Gasteiger partial charge in [-0.1, -0.05) is 6.07 Å². The van der Waals surface area contributed by atoms with Crippen LogP contribution in [0.15, 0.2) is 36.9 Å². The highest BCUT2D eigenvalue weighted by molar-refractivity contribution is 5.41. The third kappa shape index (κ3) is 3.48. The lowest BCUT2D eigenvalue weighted by Gasteiger charge is -2.16. The Bertz CT molecular complexity index is 511. The summed E-state index contributed by atoms with van der Waals surface area (Å²) in [7, 11) is 1.58. The van der Waals surface area contributed by atoms with Crippen LogP contribution in [-0.2, 0) is 6.54 Å². The summed E-state index contributed by atoms with van der Waals surface area (Å²) in [5.74, 6) is 0.911. The maximum atomic E-state index is 9.94. The zero-order valence-electron chi connectivity index (χ0n) is 11.2. The second-order valence-electron chi connectivity index (χ2n) is 4.40. The highest BCUT2D eigenvalue weighted by atomic mass is 16.5. The van der Waals surface area contributed by atoms with E-state index in [-0.39, 0.29) is 11.8 Å². The maximum Gasteiger partial charge on any atom is 0.124 e. The number of hydrogen-bond donors (Lipinski definition) is 2. The largest absolute Gasteiger partial charge is 0.507 e. The highest BCUT2D eigenvalue weighted by Gasteiger charge is 2.10. The minimum atomic E-state index is 0.0782. The van der Waals surface area contributed by atoms with E-state index < -0.39 is 0 Å². The van der Waals surface area contributed by atoms with E-state index >= 15 is 0 Å². The molecular weight excluding hydrogens is 242 g/mol. The molecule has 0 bridgehead atoms. The molecule has 2 N–H and O–H groups in total. The van der Waals surface area contributed by atoms with Gasteiger partial charge in [0.25, 0.3) is 0 Å². The molecule has 0 saturated carbocycles. The van der Waals surface area contributed by atoms with Crippen molar-refractivity contribution < 1.29 is 9.84 Å². The lowest BCUT2D eigenvalue weighted by atomic mass is 10.1. The number of rotatable bonds is 6. The predicted octanol–water partition coefficient (Wildman–Crippen LogP) is 1.95. The summed E-state index contributed by atoms with van der Waals surface area (Å²) in [6.07, 6.45) is 5.48. The van der Waals surface area contributed by atoms with Gasteiger partial charge in [0.15, 0.2) is 0 Å². The van der Waals surface area contributed by atoms with Gasteiger partial charge in [-0.25, -0.2) is 4.98 Å². The van der Waals surface area contributed by atoms with E-state index in [0.29, 0.717) is 5.75 Å². The van der Waals surface area contributed by atoms with Crippen molar-refractivity contribution in [1.82, 2.24) is 14.9 Å². The molecule has 2 aromatic rings. The predicted molar refractivity (Wildman–Crippen MR) is 73.3 cm³/mol. The first-order valence-corrected chi connectivity index (χ1v) is 6.26. The van der Waals surface area contributed by atoms with Crippen molar-refractivity contribution in [1.29, 1.82) is 0 Å². The Morgan fingerprint density at radius 1 is 1.47 bits per heavy atom. The molecule has 19 heavy (non-hydrogen) atoms. The van der Waals surface area contributed by atoms with E-state index in [0.717, 1.165) is 18.7 Å². The van der Waals surface area contributed by atoms with Crippen molar-refractivity contribution in [3.05, 3.63) is 42.5 Å². The van der Waals surface area contributed by atoms with Crippen molar-refractivity contribution in [3.63, 3.8) is 0 Å². The molecule has 0 radical (unpaired) electrons. The van der Waals surface area contributed by atoms with Crippen molar-refractivity contribution in [3.8, 4) is 11.5 Å². The number of hydrogen-bond acceptors (Lipinski definition) is 4. The third-order valence-electron chi connectivity index (χ3n) is 3.08. The molecule has 0 aliphatic heterocycles. The van der Waals surface area contributed by atoms with E-state index in [9.17, 15) is 5.11 Å². The van der Waals surface area contributed by atoms with Gasteiger partial charge in [-0.3, -0.25) is 0 Å². The van der Waals surface area contributed by atoms with Gasteiger partial charge in [-0.05, 0) is 13.0 Å². The molecule has 1 aromatic heterocycles. The van der Waals surface area contributed by atoms with Crippen LogP contribution in [0.25, 0.3) is 0 Å². The molecule has 1 atom stereocenters. The number of nitrogens with one attached hydrogen (secondary N) is 1. The molecule has 0 aliphatic rings. The van der Waals surface area contributed by atoms with Gasteiger partial charge >= 0.3 is 0 Å². The Labute approximate surface area is 112 Å².